The van der Waals surface area contributed by atoms with E-state index in [-0.39, 0.29) is 42.8 Å². The average Bonchev–Trinajstić information content (AvgIpc) is 3.19. The normalized spacial score (nSPS) is 36.6. The van der Waals surface area contributed by atoms with Crippen LogP contribution in [0.25, 0.3) is 0 Å². The minimum atomic E-state index is -1.35. The molecule has 4 aliphatic heterocycles. The summed E-state index contributed by atoms with van der Waals surface area (Å²) in [5.74, 6) is 0.383. The standard InChI is InChI=1S/C40H49NO7/c1-22(2)11-10-16-38(8)17-15-27-32(46-38)26(13-12-23(3)4)34-30-31(41-21-45-33(27)30)28-19-25-20-29-37(6,7)48-39(35(25)42,40(28,29)47-34)18-14-24(5)36(43)44-9/h11-12,14-15,17,19,25,29-30,33H,10,13,16,18,20-21H2,1-9H3. The van der Waals surface area contributed by atoms with Crippen LogP contribution in [-0.2, 0) is 33.3 Å². The highest BCUT2D eigenvalue weighted by Crippen LogP contribution is 2.69. The first-order chi connectivity index (χ1) is 22.7. The number of ketones is 1. The summed E-state index contributed by atoms with van der Waals surface area (Å²) in [7, 11) is 1.36. The molecule has 4 heterocycles. The van der Waals surface area contributed by atoms with Gasteiger partial charge in [0.15, 0.2) is 17.0 Å². The second-order valence-corrected chi connectivity index (χ2v) is 15.7. The number of methoxy groups -OCH3 is 1. The molecular formula is C40H49NO7. The molecule has 3 fully saturated rings. The van der Waals surface area contributed by atoms with Gasteiger partial charge in [-0.25, -0.2) is 4.79 Å². The van der Waals surface area contributed by atoms with Crippen molar-refractivity contribution in [2.24, 2.45) is 22.7 Å². The van der Waals surface area contributed by atoms with Crippen molar-refractivity contribution in [2.45, 2.75) is 116 Å². The molecule has 0 aromatic carbocycles. The van der Waals surface area contributed by atoms with Crippen molar-refractivity contribution in [2.75, 3.05) is 13.8 Å². The van der Waals surface area contributed by atoms with Gasteiger partial charge in [-0.05, 0) is 87.1 Å². The fourth-order valence-corrected chi connectivity index (χ4v) is 9.22. The van der Waals surface area contributed by atoms with Gasteiger partial charge in [-0.2, -0.15) is 0 Å². The topological polar surface area (TPSA) is 92.7 Å². The average molecular weight is 656 g/mol. The first-order valence-electron chi connectivity index (χ1n) is 17.4. The highest BCUT2D eigenvalue weighted by molar-refractivity contribution is 6.12. The molecule has 7 unspecified atom stereocenters. The summed E-state index contributed by atoms with van der Waals surface area (Å²) in [6.07, 6.45) is 15.5. The zero-order valence-electron chi connectivity index (χ0n) is 29.8. The zero-order chi connectivity index (χ0) is 34.4. The number of carbonyl (C=O) groups excluding carboxylic acids is 2. The molecular weight excluding hydrogens is 606 g/mol. The number of ether oxygens (including phenoxy) is 5. The lowest BCUT2D eigenvalue weighted by Gasteiger charge is -2.60. The first kappa shape index (κ1) is 33.0. The quantitative estimate of drug-likeness (QED) is 0.154. The Kier molecular flexibility index (Phi) is 7.76. The Morgan fingerprint density at radius 1 is 1.06 bits per heavy atom. The van der Waals surface area contributed by atoms with Gasteiger partial charge in [-0.1, -0.05) is 41.5 Å². The van der Waals surface area contributed by atoms with Crippen LogP contribution in [0.3, 0.4) is 0 Å². The van der Waals surface area contributed by atoms with Gasteiger partial charge in [-0.3, -0.25) is 9.79 Å². The van der Waals surface area contributed by atoms with Gasteiger partial charge < -0.3 is 23.7 Å². The Balaban J connectivity index is 1.43. The van der Waals surface area contributed by atoms with Crippen LogP contribution in [0.15, 0.2) is 86.4 Å². The van der Waals surface area contributed by atoms with E-state index in [0.29, 0.717) is 18.4 Å². The molecule has 0 N–H and O–H groups in total. The number of carbonyl (C=O) groups is 2. The van der Waals surface area contributed by atoms with Crippen LogP contribution in [0.4, 0.5) is 0 Å². The number of Topliss-reactive ketones (excluding diaryl/α,β-unsaturated/α-hetero) is 1. The predicted molar refractivity (Wildman–Crippen MR) is 183 cm³/mol. The fraction of sp³-hybridized carbons (Fsp3) is 0.575. The van der Waals surface area contributed by atoms with E-state index in [0.717, 1.165) is 46.8 Å². The summed E-state index contributed by atoms with van der Waals surface area (Å²) in [6.45, 7) is 16.6. The summed E-state index contributed by atoms with van der Waals surface area (Å²) in [4.78, 5) is 32.2. The summed E-state index contributed by atoms with van der Waals surface area (Å²) >= 11 is 0. The number of fused-ring (bicyclic) bond motifs is 1. The first-order valence-corrected chi connectivity index (χ1v) is 17.4. The number of aliphatic imine (C=N–C) groups is 1. The third-order valence-corrected chi connectivity index (χ3v) is 11.5. The van der Waals surface area contributed by atoms with Crippen LogP contribution in [0.5, 0.6) is 0 Å². The van der Waals surface area contributed by atoms with Crippen LogP contribution in [-0.4, -0.2) is 59.8 Å². The van der Waals surface area contributed by atoms with Crippen molar-refractivity contribution >= 4 is 17.5 Å². The van der Waals surface area contributed by atoms with Gasteiger partial charge in [0.2, 0.25) is 0 Å². The molecule has 4 aliphatic carbocycles. The molecule has 8 rings (SSSR count). The Morgan fingerprint density at radius 2 is 1.81 bits per heavy atom. The van der Waals surface area contributed by atoms with Crippen LogP contribution >= 0.6 is 0 Å². The van der Waals surface area contributed by atoms with Gasteiger partial charge >= 0.3 is 5.97 Å². The van der Waals surface area contributed by atoms with E-state index in [9.17, 15) is 9.59 Å². The Morgan fingerprint density at radius 3 is 2.52 bits per heavy atom. The molecule has 1 saturated carbocycles. The van der Waals surface area contributed by atoms with E-state index >= 15 is 0 Å². The minimum absolute atomic E-state index is 0.00416. The Labute approximate surface area is 284 Å². The van der Waals surface area contributed by atoms with Gasteiger partial charge in [0.1, 0.15) is 30.0 Å². The molecule has 0 amide bonds. The third kappa shape index (κ3) is 4.65. The van der Waals surface area contributed by atoms with E-state index in [1.807, 2.05) is 0 Å². The summed E-state index contributed by atoms with van der Waals surface area (Å²) in [5, 5.41) is 0. The summed E-state index contributed by atoms with van der Waals surface area (Å²) in [5.41, 5.74) is 3.06. The second-order valence-electron chi connectivity index (χ2n) is 15.7. The smallest absolute Gasteiger partial charge is 0.333 e. The van der Waals surface area contributed by atoms with Crippen molar-refractivity contribution in [1.29, 1.82) is 0 Å². The monoisotopic (exact) mass is 655 g/mol. The van der Waals surface area contributed by atoms with Crippen LogP contribution in [0.2, 0.25) is 0 Å². The van der Waals surface area contributed by atoms with Crippen molar-refractivity contribution < 1.29 is 33.3 Å². The van der Waals surface area contributed by atoms with E-state index in [4.69, 9.17) is 28.7 Å². The van der Waals surface area contributed by atoms with Crippen LogP contribution in [0.1, 0.15) is 87.5 Å². The SMILES string of the molecule is COC(=O)C(C)=CCC12OC(C)(C)C3CC(C=C4C5=NCOC6C7=C(OC(C)(CCC=C(C)C)C=C7)C(CC=C(C)C)=C(OC431)C56)C2=O. The van der Waals surface area contributed by atoms with E-state index in [2.05, 4.69) is 78.8 Å². The molecule has 0 radical (unpaired) electrons. The Bertz CT molecular complexity index is 1720. The van der Waals surface area contributed by atoms with Gasteiger partial charge in [0.05, 0.1) is 24.3 Å². The maximum absolute atomic E-state index is 14.6. The lowest BCUT2D eigenvalue weighted by atomic mass is 9.50. The van der Waals surface area contributed by atoms with Crippen LogP contribution < -0.4 is 0 Å². The molecule has 0 aromatic heterocycles. The summed E-state index contributed by atoms with van der Waals surface area (Å²) in [6, 6.07) is 0. The molecule has 2 saturated heterocycles. The largest absolute Gasteiger partial charge is 0.483 e. The van der Waals surface area contributed by atoms with Crippen molar-refractivity contribution in [1.82, 2.24) is 0 Å². The third-order valence-electron chi connectivity index (χ3n) is 11.5. The molecule has 0 aromatic rings. The highest BCUT2D eigenvalue weighted by Gasteiger charge is 2.81. The maximum Gasteiger partial charge on any atom is 0.333 e. The predicted octanol–water partition coefficient (Wildman–Crippen LogP) is 7.34. The molecule has 48 heavy (non-hydrogen) atoms. The minimum Gasteiger partial charge on any atom is -0.483 e. The van der Waals surface area contributed by atoms with E-state index in [1.54, 1.807) is 13.0 Å². The summed E-state index contributed by atoms with van der Waals surface area (Å²) < 4.78 is 33.1. The van der Waals surface area contributed by atoms with Gasteiger partial charge in [0.25, 0.3) is 0 Å². The highest BCUT2D eigenvalue weighted by atomic mass is 16.6. The van der Waals surface area contributed by atoms with Gasteiger partial charge in [-0.15, -0.1) is 0 Å². The number of allylic oxidation sites excluding steroid dienone is 6. The molecule has 8 heteroatoms. The number of nitrogens with zero attached hydrogens (tertiary/aromatic N) is 1. The van der Waals surface area contributed by atoms with Gasteiger partial charge in [0, 0.05) is 40.5 Å². The second kappa shape index (κ2) is 11.3. The number of esters is 1. The number of hydrogen-bond acceptors (Lipinski definition) is 8. The number of hydrogen-bond donors (Lipinski definition) is 0. The van der Waals surface area contributed by atoms with Crippen LogP contribution in [0, 0.1) is 17.8 Å². The van der Waals surface area contributed by atoms with Crippen molar-refractivity contribution in [3.63, 3.8) is 0 Å². The molecule has 1 spiro atoms. The molecule has 4 bridgehead atoms. The lowest BCUT2D eigenvalue weighted by Crippen LogP contribution is -2.72. The zero-order valence-corrected chi connectivity index (χ0v) is 29.8. The van der Waals surface area contributed by atoms with Crippen molar-refractivity contribution in [3.05, 3.63) is 81.4 Å². The molecule has 8 nitrogen and oxygen atoms in total. The fourth-order valence-electron chi connectivity index (χ4n) is 9.22. The Hall–Kier alpha value is -3.49. The van der Waals surface area contributed by atoms with E-state index < -0.39 is 28.4 Å². The molecule has 8 aliphatic rings. The maximum atomic E-state index is 14.6. The van der Waals surface area contributed by atoms with Crippen molar-refractivity contribution in [3.8, 4) is 0 Å². The lowest BCUT2D eigenvalue weighted by molar-refractivity contribution is -0.183. The molecule has 7 atom stereocenters. The number of rotatable bonds is 8. The van der Waals surface area contributed by atoms with E-state index in [1.165, 1.54) is 18.3 Å². The molecule has 256 valence electrons.